The lowest BCUT2D eigenvalue weighted by atomic mass is 10.0. The minimum Gasteiger partial charge on any atom is -0.498 e. The SMILES string of the molecule is OCCCCCCCCCC1CCC=CO1. The zero-order chi connectivity index (χ0) is 11.5. The molecule has 0 amide bonds. The summed E-state index contributed by atoms with van der Waals surface area (Å²) in [6.45, 7) is 0.354. The molecule has 1 aliphatic rings. The predicted octanol–water partition coefficient (Wildman–Crippen LogP) is 3.79. The van der Waals surface area contributed by atoms with E-state index in [0.717, 1.165) is 6.42 Å². The monoisotopic (exact) mass is 226 g/mol. The van der Waals surface area contributed by atoms with E-state index in [4.69, 9.17) is 9.84 Å². The summed E-state index contributed by atoms with van der Waals surface area (Å²) >= 11 is 0. The van der Waals surface area contributed by atoms with Gasteiger partial charge in [0.1, 0.15) is 0 Å². The van der Waals surface area contributed by atoms with Crippen LogP contribution in [0.15, 0.2) is 12.3 Å². The quantitative estimate of drug-likeness (QED) is 0.606. The van der Waals surface area contributed by atoms with Gasteiger partial charge in [0.05, 0.1) is 12.4 Å². The summed E-state index contributed by atoms with van der Waals surface area (Å²) in [5, 5.41) is 8.63. The van der Waals surface area contributed by atoms with Crippen molar-refractivity contribution < 1.29 is 9.84 Å². The molecule has 0 aromatic heterocycles. The Hall–Kier alpha value is -0.500. The number of allylic oxidation sites excluding steroid dienone is 1. The van der Waals surface area contributed by atoms with Gasteiger partial charge in [-0.15, -0.1) is 0 Å². The first-order valence-corrected chi connectivity index (χ1v) is 6.85. The second kappa shape index (κ2) is 9.71. The Morgan fingerprint density at radius 2 is 1.69 bits per heavy atom. The highest BCUT2D eigenvalue weighted by Gasteiger charge is 2.09. The smallest absolute Gasteiger partial charge is 0.0981 e. The van der Waals surface area contributed by atoms with Crippen molar-refractivity contribution in [1.82, 2.24) is 0 Å². The molecule has 0 saturated heterocycles. The first kappa shape index (κ1) is 13.6. The van der Waals surface area contributed by atoms with Gasteiger partial charge in [-0.2, -0.15) is 0 Å². The van der Waals surface area contributed by atoms with Crippen molar-refractivity contribution in [2.75, 3.05) is 6.61 Å². The molecule has 94 valence electrons. The largest absolute Gasteiger partial charge is 0.498 e. The van der Waals surface area contributed by atoms with Crippen LogP contribution in [0.25, 0.3) is 0 Å². The molecule has 0 aromatic rings. The summed E-state index contributed by atoms with van der Waals surface area (Å²) < 4.78 is 5.53. The Labute approximate surface area is 99.7 Å². The van der Waals surface area contributed by atoms with Crippen molar-refractivity contribution in [1.29, 1.82) is 0 Å². The normalized spacial score (nSPS) is 19.7. The summed E-state index contributed by atoms with van der Waals surface area (Å²) in [4.78, 5) is 0. The summed E-state index contributed by atoms with van der Waals surface area (Å²) in [5.74, 6) is 0. The maximum Gasteiger partial charge on any atom is 0.0981 e. The van der Waals surface area contributed by atoms with Gasteiger partial charge in [-0.05, 0) is 38.2 Å². The molecule has 0 saturated carbocycles. The average molecular weight is 226 g/mol. The topological polar surface area (TPSA) is 29.5 Å². The Kier molecular flexibility index (Phi) is 8.23. The number of hydrogen-bond donors (Lipinski definition) is 1. The zero-order valence-electron chi connectivity index (χ0n) is 10.4. The number of unbranched alkanes of at least 4 members (excludes halogenated alkanes) is 6. The van der Waals surface area contributed by atoms with Gasteiger partial charge >= 0.3 is 0 Å². The van der Waals surface area contributed by atoms with E-state index in [1.807, 2.05) is 6.26 Å². The number of rotatable bonds is 9. The van der Waals surface area contributed by atoms with Gasteiger partial charge < -0.3 is 9.84 Å². The molecule has 0 aromatic carbocycles. The number of ether oxygens (including phenoxy) is 1. The number of aliphatic hydroxyl groups is 1. The van der Waals surface area contributed by atoms with E-state index in [1.54, 1.807) is 0 Å². The van der Waals surface area contributed by atoms with Crippen LogP contribution in [-0.4, -0.2) is 17.8 Å². The van der Waals surface area contributed by atoms with Crippen molar-refractivity contribution in [3.05, 3.63) is 12.3 Å². The molecule has 1 aliphatic heterocycles. The van der Waals surface area contributed by atoms with Gasteiger partial charge in [0.25, 0.3) is 0 Å². The average Bonchev–Trinajstić information content (AvgIpc) is 2.34. The zero-order valence-corrected chi connectivity index (χ0v) is 10.4. The van der Waals surface area contributed by atoms with Gasteiger partial charge in [-0.1, -0.05) is 32.1 Å². The lowest BCUT2D eigenvalue weighted by Gasteiger charge is -2.18. The fourth-order valence-electron chi connectivity index (χ4n) is 2.16. The van der Waals surface area contributed by atoms with E-state index >= 15 is 0 Å². The number of hydrogen-bond acceptors (Lipinski definition) is 2. The molecule has 16 heavy (non-hydrogen) atoms. The van der Waals surface area contributed by atoms with Crippen LogP contribution in [0.4, 0.5) is 0 Å². The van der Waals surface area contributed by atoms with Crippen molar-refractivity contribution in [2.24, 2.45) is 0 Å². The van der Waals surface area contributed by atoms with Crippen molar-refractivity contribution in [2.45, 2.75) is 70.3 Å². The molecule has 2 nitrogen and oxygen atoms in total. The van der Waals surface area contributed by atoms with Gasteiger partial charge in [-0.25, -0.2) is 0 Å². The van der Waals surface area contributed by atoms with Gasteiger partial charge in [0, 0.05) is 6.61 Å². The lowest BCUT2D eigenvalue weighted by Crippen LogP contribution is -2.11. The first-order chi connectivity index (χ1) is 7.93. The van der Waals surface area contributed by atoms with E-state index in [9.17, 15) is 0 Å². The van der Waals surface area contributed by atoms with E-state index in [2.05, 4.69) is 6.08 Å². The Morgan fingerprint density at radius 1 is 1.00 bits per heavy atom. The van der Waals surface area contributed by atoms with Crippen molar-refractivity contribution in [3.8, 4) is 0 Å². The predicted molar refractivity (Wildman–Crippen MR) is 67.3 cm³/mol. The molecular formula is C14H26O2. The van der Waals surface area contributed by atoms with Crippen molar-refractivity contribution >= 4 is 0 Å². The van der Waals surface area contributed by atoms with Crippen LogP contribution in [0, 0.1) is 0 Å². The first-order valence-electron chi connectivity index (χ1n) is 6.85. The van der Waals surface area contributed by atoms with E-state index < -0.39 is 0 Å². The van der Waals surface area contributed by atoms with E-state index in [0.29, 0.717) is 12.7 Å². The molecule has 1 N–H and O–H groups in total. The third-order valence-electron chi connectivity index (χ3n) is 3.21. The molecular weight excluding hydrogens is 200 g/mol. The molecule has 2 heteroatoms. The van der Waals surface area contributed by atoms with Crippen molar-refractivity contribution in [3.63, 3.8) is 0 Å². The van der Waals surface area contributed by atoms with E-state index in [-0.39, 0.29) is 0 Å². The Balaban J connectivity index is 1.79. The fraction of sp³-hybridized carbons (Fsp3) is 0.857. The molecule has 0 fully saturated rings. The summed E-state index contributed by atoms with van der Waals surface area (Å²) in [7, 11) is 0. The lowest BCUT2D eigenvalue weighted by molar-refractivity contribution is 0.113. The second-order valence-electron chi connectivity index (χ2n) is 4.69. The molecule has 1 heterocycles. The highest BCUT2D eigenvalue weighted by Crippen LogP contribution is 2.17. The van der Waals surface area contributed by atoms with Gasteiger partial charge in [0.15, 0.2) is 0 Å². The minimum absolute atomic E-state index is 0.354. The Bertz CT molecular complexity index is 178. The highest BCUT2D eigenvalue weighted by molar-refractivity contribution is 4.81. The van der Waals surface area contributed by atoms with Crippen LogP contribution in [-0.2, 0) is 4.74 Å². The molecule has 1 atom stereocenters. The molecule has 1 unspecified atom stereocenters. The minimum atomic E-state index is 0.354. The van der Waals surface area contributed by atoms with E-state index in [1.165, 1.54) is 57.8 Å². The summed E-state index contributed by atoms with van der Waals surface area (Å²) in [6.07, 6.45) is 16.8. The van der Waals surface area contributed by atoms with Crippen LogP contribution >= 0.6 is 0 Å². The molecule has 0 radical (unpaired) electrons. The fourth-order valence-corrected chi connectivity index (χ4v) is 2.16. The molecule has 0 spiro atoms. The van der Waals surface area contributed by atoms with Gasteiger partial charge in [-0.3, -0.25) is 0 Å². The van der Waals surface area contributed by atoms with Crippen LogP contribution in [0.3, 0.4) is 0 Å². The third-order valence-corrected chi connectivity index (χ3v) is 3.21. The van der Waals surface area contributed by atoms with Crippen LogP contribution in [0.1, 0.15) is 64.2 Å². The number of aliphatic hydroxyl groups excluding tert-OH is 1. The second-order valence-corrected chi connectivity index (χ2v) is 4.69. The van der Waals surface area contributed by atoms with Crippen LogP contribution in [0.2, 0.25) is 0 Å². The summed E-state index contributed by atoms with van der Waals surface area (Å²) in [5.41, 5.74) is 0. The maximum atomic E-state index is 8.63. The standard InChI is InChI=1S/C14H26O2/c15-12-8-5-3-1-2-4-6-10-14-11-7-9-13-16-14/h9,13-15H,1-8,10-12H2. The molecule has 0 aliphatic carbocycles. The Morgan fingerprint density at radius 3 is 2.31 bits per heavy atom. The van der Waals surface area contributed by atoms with Crippen LogP contribution in [0.5, 0.6) is 0 Å². The van der Waals surface area contributed by atoms with Gasteiger partial charge in [0.2, 0.25) is 0 Å². The maximum absolute atomic E-state index is 8.63. The third kappa shape index (κ3) is 6.89. The summed E-state index contributed by atoms with van der Waals surface area (Å²) in [6, 6.07) is 0. The highest BCUT2D eigenvalue weighted by atomic mass is 16.5. The molecule has 1 rings (SSSR count). The van der Waals surface area contributed by atoms with Crippen LogP contribution < -0.4 is 0 Å². The molecule has 0 bridgehead atoms.